The van der Waals surface area contributed by atoms with E-state index in [1.807, 2.05) is 25.2 Å². The van der Waals surface area contributed by atoms with Crippen molar-refractivity contribution in [2.75, 3.05) is 77.8 Å². The van der Waals surface area contributed by atoms with E-state index in [-0.39, 0.29) is 29.2 Å². The van der Waals surface area contributed by atoms with E-state index in [1.54, 1.807) is 24.0 Å². The third-order valence-corrected chi connectivity index (χ3v) is 15.0. The molecule has 11 rings (SSSR count). The minimum atomic E-state index is -3.12. The minimum absolute atomic E-state index is 0.0992. The van der Waals surface area contributed by atoms with Gasteiger partial charge in [-0.1, -0.05) is 11.6 Å². The Labute approximate surface area is 373 Å². The first-order valence-corrected chi connectivity index (χ1v) is 23.0. The molecule has 2 saturated carbocycles. The van der Waals surface area contributed by atoms with Crippen LogP contribution in [0, 0.1) is 17.3 Å². The number of benzene rings is 2. The number of hydrogen-bond acceptors (Lipinski definition) is 12. The second-order valence-electron chi connectivity index (χ2n) is 19.0. The molecule has 6 aliphatic rings. The summed E-state index contributed by atoms with van der Waals surface area (Å²) in [6.45, 7) is 5.84. The molecule has 336 valence electrons. The highest BCUT2D eigenvalue weighted by molar-refractivity contribution is 6.33. The van der Waals surface area contributed by atoms with Gasteiger partial charge in [0, 0.05) is 94.9 Å². The van der Waals surface area contributed by atoms with Gasteiger partial charge in [0.25, 0.3) is 5.56 Å². The predicted octanol–water partition coefficient (Wildman–Crippen LogP) is 6.69. The van der Waals surface area contributed by atoms with Crippen LogP contribution in [0.4, 0.5) is 43.4 Å². The molecule has 0 bridgehead atoms. The summed E-state index contributed by atoms with van der Waals surface area (Å²) in [4.78, 5) is 56.5. The third-order valence-electron chi connectivity index (χ3n) is 14.7. The van der Waals surface area contributed by atoms with Gasteiger partial charge >= 0.3 is 5.92 Å². The summed E-state index contributed by atoms with van der Waals surface area (Å²) in [5, 5.41) is 12.7. The first-order chi connectivity index (χ1) is 30.8. The minimum Gasteiger partial charge on any atom is -0.480 e. The van der Waals surface area contributed by atoms with Gasteiger partial charge in [-0.3, -0.25) is 24.0 Å². The number of piperidine rings is 2. The standard InChI is InChI=1S/C46H52ClF2N11O4/c1-55-34-11-8-29(20-32(34)38-39(43(55)63)64-26-46(48,49)40(52-38)28-6-7-28)51-41-33(47)24-50-44(53-41)59-14-12-45(13-15-59)22-27(23-45)25-57-16-18-58(19-17-57)30-9-10-31-35(21-30)56(2)54-42(31)60-36(61)4-3-5-37(60)62/h8-11,20-21,24,27-28,40,52H,3-7,12-19,22-23,25-26H2,1-2H3,(H,50,51,53)/t40-/m0/s1. The Kier molecular flexibility index (Phi) is 10.0. The quantitative estimate of drug-likeness (QED) is 0.160. The van der Waals surface area contributed by atoms with Gasteiger partial charge in [0.15, 0.2) is 18.2 Å². The second kappa shape index (κ2) is 15.6. The molecule has 2 N–H and O–H groups in total. The van der Waals surface area contributed by atoms with Crippen LogP contribution in [0.5, 0.6) is 5.75 Å². The summed E-state index contributed by atoms with van der Waals surface area (Å²) < 4.78 is 39.1. The Balaban J connectivity index is 0.696. The molecule has 2 amide bonds. The summed E-state index contributed by atoms with van der Waals surface area (Å²) in [6, 6.07) is 10.5. The fraction of sp³-hybridized carbons (Fsp3) is 0.522. The SMILES string of the molecule is Cn1nc(N2C(=O)CCCC2=O)c2ccc(N3CCN(CC4CC5(CCN(c6ncc(Cl)c(Nc7ccc8c(c7)c7c(c(=O)n8C)OCC(F)(F)[C@H](C8CC8)N7)n6)CC5)C4)CC3)cc21. The highest BCUT2D eigenvalue weighted by atomic mass is 35.5. The van der Waals surface area contributed by atoms with Gasteiger partial charge in [-0.05, 0) is 98.6 Å². The van der Waals surface area contributed by atoms with Gasteiger partial charge in [0.05, 0.1) is 29.0 Å². The second-order valence-corrected chi connectivity index (χ2v) is 19.4. The normalized spacial score (nSPS) is 22.6. The number of aromatic nitrogens is 5. The molecule has 1 spiro atoms. The number of carbonyl (C=O) groups excluding carboxylic acids is 2. The fourth-order valence-electron chi connectivity index (χ4n) is 11.0. The van der Waals surface area contributed by atoms with Crippen LogP contribution in [0.25, 0.3) is 21.8 Å². The number of pyridine rings is 1. The van der Waals surface area contributed by atoms with E-state index in [2.05, 4.69) is 47.5 Å². The zero-order chi connectivity index (χ0) is 44.1. The van der Waals surface area contributed by atoms with Crippen LogP contribution in [-0.4, -0.2) is 105 Å². The number of anilines is 6. The Morgan fingerprint density at radius 2 is 1.66 bits per heavy atom. The number of nitrogens with one attached hydrogen (secondary N) is 2. The number of rotatable bonds is 8. The number of imide groups is 1. The molecule has 18 heteroatoms. The van der Waals surface area contributed by atoms with Crippen molar-refractivity contribution >= 4 is 79.9 Å². The van der Waals surface area contributed by atoms with Crippen molar-refractivity contribution in [3.8, 4) is 5.75 Å². The van der Waals surface area contributed by atoms with Crippen LogP contribution < -0.4 is 35.6 Å². The highest BCUT2D eigenvalue weighted by Gasteiger charge is 2.51. The molecular formula is C46H52ClF2N11O4. The Morgan fingerprint density at radius 1 is 0.906 bits per heavy atom. The third kappa shape index (κ3) is 7.28. The lowest BCUT2D eigenvalue weighted by molar-refractivity contribution is -0.129. The number of hydrogen-bond donors (Lipinski definition) is 2. The lowest BCUT2D eigenvalue weighted by Gasteiger charge is -2.53. The van der Waals surface area contributed by atoms with E-state index < -0.39 is 24.1 Å². The lowest BCUT2D eigenvalue weighted by Crippen LogP contribution is -2.53. The number of amides is 2. The van der Waals surface area contributed by atoms with E-state index in [1.165, 1.54) is 22.3 Å². The first-order valence-electron chi connectivity index (χ1n) is 22.6. The molecule has 2 aliphatic carbocycles. The molecule has 3 aromatic heterocycles. The number of nitrogens with zero attached hydrogens (tertiary/aromatic N) is 9. The highest BCUT2D eigenvalue weighted by Crippen LogP contribution is 2.53. The largest absolute Gasteiger partial charge is 0.480 e. The summed E-state index contributed by atoms with van der Waals surface area (Å²) in [5.41, 5.74) is 3.42. The Bertz CT molecular complexity index is 2740. The van der Waals surface area contributed by atoms with Gasteiger partial charge in [0.2, 0.25) is 23.5 Å². The number of halogens is 3. The zero-order valence-electron chi connectivity index (χ0n) is 36.1. The van der Waals surface area contributed by atoms with Crippen molar-refractivity contribution in [2.45, 2.75) is 69.8 Å². The van der Waals surface area contributed by atoms with E-state index in [0.29, 0.717) is 82.6 Å². The number of piperazine rings is 1. The van der Waals surface area contributed by atoms with E-state index >= 15 is 8.78 Å². The van der Waals surface area contributed by atoms with Crippen molar-refractivity contribution in [1.82, 2.24) is 29.2 Å². The molecule has 5 aromatic rings. The van der Waals surface area contributed by atoms with Crippen LogP contribution >= 0.6 is 11.6 Å². The summed E-state index contributed by atoms with van der Waals surface area (Å²) in [6.07, 6.45) is 8.97. The molecule has 64 heavy (non-hydrogen) atoms. The topological polar surface area (TPSA) is 146 Å². The lowest BCUT2D eigenvalue weighted by atomic mass is 9.57. The molecule has 4 aliphatic heterocycles. The molecule has 1 atom stereocenters. The fourth-order valence-corrected chi connectivity index (χ4v) is 11.2. The average molecular weight is 896 g/mol. The van der Waals surface area contributed by atoms with Crippen LogP contribution in [-0.2, 0) is 23.7 Å². The number of alkyl halides is 2. The van der Waals surface area contributed by atoms with E-state index in [0.717, 1.165) is 75.2 Å². The maximum Gasteiger partial charge on any atom is 0.301 e. The number of ether oxygens (including phenoxy) is 1. The van der Waals surface area contributed by atoms with Crippen molar-refractivity contribution in [2.24, 2.45) is 31.3 Å². The number of carbonyl (C=O) groups is 2. The van der Waals surface area contributed by atoms with Gasteiger partial charge in [0.1, 0.15) is 5.02 Å². The molecule has 15 nitrogen and oxygen atoms in total. The summed E-state index contributed by atoms with van der Waals surface area (Å²) >= 11 is 6.65. The van der Waals surface area contributed by atoms with Gasteiger partial charge in [-0.2, -0.15) is 10.1 Å². The number of aryl methyl sites for hydroxylation is 2. The van der Waals surface area contributed by atoms with Gasteiger partial charge < -0.3 is 29.7 Å². The van der Waals surface area contributed by atoms with Crippen LogP contribution in [0.15, 0.2) is 47.4 Å². The van der Waals surface area contributed by atoms with Gasteiger partial charge in [-0.15, -0.1) is 0 Å². The molecule has 2 aromatic carbocycles. The van der Waals surface area contributed by atoms with Crippen molar-refractivity contribution in [3.63, 3.8) is 0 Å². The smallest absolute Gasteiger partial charge is 0.301 e. The monoisotopic (exact) mass is 895 g/mol. The van der Waals surface area contributed by atoms with Gasteiger partial charge in [-0.25, -0.2) is 18.7 Å². The first kappa shape index (κ1) is 41.2. The van der Waals surface area contributed by atoms with Crippen LogP contribution in [0.2, 0.25) is 5.02 Å². The Hall–Kier alpha value is -5.55. The van der Waals surface area contributed by atoms with E-state index in [4.69, 9.17) is 21.3 Å². The van der Waals surface area contributed by atoms with E-state index in [9.17, 15) is 14.4 Å². The average Bonchev–Trinajstić information content (AvgIpc) is 4.08. The van der Waals surface area contributed by atoms with Crippen LogP contribution in [0.1, 0.15) is 57.8 Å². The summed E-state index contributed by atoms with van der Waals surface area (Å²) in [5.74, 6) is -1.60. The number of fused-ring (bicyclic) bond motifs is 4. The molecule has 5 fully saturated rings. The predicted molar refractivity (Wildman–Crippen MR) is 242 cm³/mol. The van der Waals surface area contributed by atoms with Crippen molar-refractivity contribution in [3.05, 3.63) is 58.0 Å². The molecular weight excluding hydrogens is 844 g/mol. The molecule has 3 saturated heterocycles. The zero-order valence-corrected chi connectivity index (χ0v) is 36.8. The van der Waals surface area contributed by atoms with Crippen molar-refractivity contribution in [1.29, 1.82) is 0 Å². The molecule has 7 heterocycles. The van der Waals surface area contributed by atoms with Crippen LogP contribution in [0.3, 0.4) is 0 Å². The molecule has 0 radical (unpaired) electrons. The Morgan fingerprint density at radius 3 is 2.39 bits per heavy atom. The maximum atomic E-state index is 15.2. The summed E-state index contributed by atoms with van der Waals surface area (Å²) in [7, 11) is 3.48. The van der Waals surface area contributed by atoms with Crippen molar-refractivity contribution < 1.29 is 23.1 Å². The maximum absolute atomic E-state index is 15.2. The molecule has 0 unspecified atom stereocenters.